The molecule has 1 unspecified atom stereocenters. The number of hydrogen-bond donors (Lipinski definition) is 2. The van der Waals surface area contributed by atoms with E-state index in [1.54, 1.807) is 25.6 Å². The molecule has 0 saturated carbocycles. The van der Waals surface area contributed by atoms with E-state index in [1.807, 2.05) is 25.1 Å². The predicted molar refractivity (Wildman–Crippen MR) is 84.9 cm³/mol. The lowest BCUT2D eigenvalue weighted by Gasteiger charge is -2.18. The number of nitrogens with one attached hydrogen (secondary N) is 1. The van der Waals surface area contributed by atoms with Gasteiger partial charge in [0.05, 0.1) is 31.0 Å². The Morgan fingerprint density at radius 2 is 2.05 bits per heavy atom. The normalized spacial score (nSPS) is 12.2. The second kappa shape index (κ2) is 6.89. The van der Waals surface area contributed by atoms with Gasteiger partial charge in [-0.1, -0.05) is 6.07 Å². The summed E-state index contributed by atoms with van der Waals surface area (Å²) in [6.45, 7) is 4.10. The maximum atomic E-state index is 5.73. The molecule has 6 heteroatoms. The van der Waals surface area contributed by atoms with E-state index in [9.17, 15) is 0 Å². The highest BCUT2D eigenvalue weighted by molar-refractivity contribution is 7.11. The molecule has 2 rings (SSSR count). The Morgan fingerprint density at radius 1 is 1.29 bits per heavy atom. The fraction of sp³-hybridized carbons (Fsp3) is 0.400. The van der Waals surface area contributed by atoms with E-state index in [1.165, 1.54) is 4.88 Å². The fourth-order valence-corrected chi connectivity index (χ4v) is 3.15. The molecular formula is C15H21N3O2S. The summed E-state index contributed by atoms with van der Waals surface area (Å²) in [6.07, 6.45) is 0.721. The summed E-state index contributed by atoms with van der Waals surface area (Å²) >= 11 is 1.70. The van der Waals surface area contributed by atoms with Crippen molar-refractivity contribution in [2.24, 2.45) is 5.84 Å². The maximum absolute atomic E-state index is 5.73. The van der Waals surface area contributed by atoms with Crippen LogP contribution in [0.3, 0.4) is 0 Å². The molecule has 0 aliphatic carbocycles. The molecule has 0 aliphatic heterocycles. The van der Waals surface area contributed by atoms with E-state index in [-0.39, 0.29) is 6.04 Å². The van der Waals surface area contributed by atoms with Gasteiger partial charge in [0.2, 0.25) is 0 Å². The summed E-state index contributed by atoms with van der Waals surface area (Å²) in [6, 6.07) is 5.67. The number of methoxy groups -OCH3 is 2. The Bertz CT molecular complexity index is 593. The molecule has 0 aliphatic rings. The molecule has 0 fully saturated rings. The minimum absolute atomic E-state index is 0.0594. The molecule has 114 valence electrons. The van der Waals surface area contributed by atoms with Gasteiger partial charge in [-0.05, 0) is 19.9 Å². The number of thiazole rings is 1. The quantitative estimate of drug-likeness (QED) is 0.634. The number of aromatic nitrogens is 1. The third-order valence-corrected chi connectivity index (χ3v) is 4.56. The SMILES string of the molecule is COc1ccc(C(Cc2nc(C)c(C)s2)NN)c(OC)c1. The van der Waals surface area contributed by atoms with Gasteiger partial charge in [0, 0.05) is 22.9 Å². The Labute approximate surface area is 129 Å². The van der Waals surface area contributed by atoms with Crippen LogP contribution in [0.4, 0.5) is 0 Å². The number of nitrogens with two attached hydrogens (primary N) is 1. The summed E-state index contributed by atoms with van der Waals surface area (Å²) in [5.74, 6) is 7.24. The summed E-state index contributed by atoms with van der Waals surface area (Å²) in [5, 5.41) is 1.06. The van der Waals surface area contributed by atoms with Gasteiger partial charge in [-0.25, -0.2) is 4.98 Å². The minimum Gasteiger partial charge on any atom is -0.497 e. The van der Waals surface area contributed by atoms with Crippen LogP contribution < -0.4 is 20.7 Å². The summed E-state index contributed by atoms with van der Waals surface area (Å²) in [7, 11) is 3.28. The van der Waals surface area contributed by atoms with Crippen molar-refractivity contribution in [2.75, 3.05) is 14.2 Å². The average Bonchev–Trinajstić information content (AvgIpc) is 2.82. The first-order valence-corrected chi connectivity index (χ1v) is 7.51. The number of ether oxygens (including phenoxy) is 2. The lowest BCUT2D eigenvalue weighted by molar-refractivity contribution is 0.384. The van der Waals surface area contributed by atoms with Crippen LogP contribution in [0, 0.1) is 13.8 Å². The molecule has 0 bridgehead atoms. The van der Waals surface area contributed by atoms with Crippen LogP contribution in [0.25, 0.3) is 0 Å². The fourth-order valence-electron chi connectivity index (χ4n) is 2.17. The van der Waals surface area contributed by atoms with Crippen LogP contribution in [0.15, 0.2) is 18.2 Å². The van der Waals surface area contributed by atoms with Crippen molar-refractivity contribution < 1.29 is 9.47 Å². The lowest BCUT2D eigenvalue weighted by Crippen LogP contribution is -2.29. The molecular weight excluding hydrogens is 286 g/mol. The van der Waals surface area contributed by atoms with Crippen molar-refractivity contribution in [3.05, 3.63) is 39.3 Å². The Balaban J connectivity index is 2.28. The van der Waals surface area contributed by atoms with E-state index >= 15 is 0 Å². The molecule has 0 spiro atoms. The molecule has 5 nitrogen and oxygen atoms in total. The highest BCUT2D eigenvalue weighted by atomic mass is 32.1. The second-order valence-electron chi connectivity index (χ2n) is 4.78. The number of aryl methyl sites for hydroxylation is 2. The first-order chi connectivity index (χ1) is 10.1. The van der Waals surface area contributed by atoms with Gasteiger partial charge >= 0.3 is 0 Å². The molecule has 2 aromatic rings. The predicted octanol–water partition coefficient (Wildman–Crippen LogP) is 2.52. The third kappa shape index (κ3) is 3.53. The van der Waals surface area contributed by atoms with E-state index in [4.69, 9.17) is 15.3 Å². The van der Waals surface area contributed by atoms with Gasteiger partial charge in [-0.2, -0.15) is 0 Å². The lowest BCUT2D eigenvalue weighted by atomic mass is 10.0. The van der Waals surface area contributed by atoms with Crippen molar-refractivity contribution in [1.29, 1.82) is 0 Å². The Kier molecular flexibility index (Phi) is 5.17. The molecule has 0 radical (unpaired) electrons. The van der Waals surface area contributed by atoms with Crippen molar-refractivity contribution in [3.63, 3.8) is 0 Å². The van der Waals surface area contributed by atoms with Gasteiger partial charge in [0.25, 0.3) is 0 Å². The molecule has 3 N–H and O–H groups in total. The van der Waals surface area contributed by atoms with Crippen LogP contribution in [-0.2, 0) is 6.42 Å². The van der Waals surface area contributed by atoms with Gasteiger partial charge in [0.15, 0.2) is 0 Å². The van der Waals surface area contributed by atoms with Crippen LogP contribution in [-0.4, -0.2) is 19.2 Å². The van der Waals surface area contributed by atoms with Crippen molar-refractivity contribution >= 4 is 11.3 Å². The van der Waals surface area contributed by atoms with E-state index in [0.29, 0.717) is 0 Å². The van der Waals surface area contributed by atoms with Crippen LogP contribution in [0.1, 0.15) is 27.2 Å². The van der Waals surface area contributed by atoms with Gasteiger partial charge < -0.3 is 9.47 Å². The smallest absolute Gasteiger partial charge is 0.127 e. The molecule has 1 atom stereocenters. The molecule has 21 heavy (non-hydrogen) atoms. The maximum Gasteiger partial charge on any atom is 0.127 e. The first-order valence-electron chi connectivity index (χ1n) is 6.70. The summed E-state index contributed by atoms with van der Waals surface area (Å²) in [4.78, 5) is 5.81. The zero-order chi connectivity index (χ0) is 15.4. The van der Waals surface area contributed by atoms with E-state index < -0.39 is 0 Å². The van der Waals surface area contributed by atoms with Crippen molar-refractivity contribution in [1.82, 2.24) is 10.4 Å². The number of hydrogen-bond acceptors (Lipinski definition) is 6. The van der Waals surface area contributed by atoms with Gasteiger partial charge in [0.1, 0.15) is 11.5 Å². The summed E-state index contributed by atoms with van der Waals surface area (Å²) < 4.78 is 10.7. The molecule has 0 saturated heterocycles. The van der Waals surface area contributed by atoms with Gasteiger partial charge in [-0.15, -0.1) is 11.3 Å². The highest BCUT2D eigenvalue weighted by Crippen LogP contribution is 2.31. The highest BCUT2D eigenvalue weighted by Gasteiger charge is 2.18. The third-order valence-electron chi connectivity index (χ3n) is 3.47. The number of hydrazine groups is 1. The van der Waals surface area contributed by atoms with Crippen LogP contribution in [0.5, 0.6) is 11.5 Å². The van der Waals surface area contributed by atoms with Crippen molar-refractivity contribution in [3.8, 4) is 11.5 Å². The van der Waals surface area contributed by atoms with Gasteiger partial charge in [-0.3, -0.25) is 11.3 Å². The average molecular weight is 307 g/mol. The number of nitrogens with zero attached hydrogens (tertiary/aromatic N) is 1. The molecule has 1 heterocycles. The van der Waals surface area contributed by atoms with Crippen LogP contribution >= 0.6 is 11.3 Å². The number of rotatable bonds is 6. The molecule has 1 aromatic carbocycles. The zero-order valence-corrected chi connectivity index (χ0v) is 13.6. The molecule has 1 aromatic heterocycles. The Morgan fingerprint density at radius 3 is 2.57 bits per heavy atom. The Hall–Kier alpha value is -1.63. The largest absolute Gasteiger partial charge is 0.497 e. The first kappa shape index (κ1) is 15.8. The zero-order valence-electron chi connectivity index (χ0n) is 12.8. The monoisotopic (exact) mass is 307 g/mol. The van der Waals surface area contributed by atoms with E-state index in [2.05, 4.69) is 17.3 Å². The molecule has 0 amide bonds. The minimum atomic E-state index is -0.0594. The number of benzene rings is 1. The summed E-state index contributed by atoms with van der Waals surface area (Å²) in [5.41, 5.74) is 4.92. The second-order valence-corrected chi connectivity index (χ2v) is 6.07. The van der Waals surface area contributed by atoms with Crippen LogP contribution in [0.2, 0.25) is 0 Å². The van der Waals surface area contributed by atoms with E-state index in [0.717, 1.165) is 34.2 Å². The van der Waals surface area contributed by atoms with Crippen molar-refractivity contribution in [2.45, 2.75) is 26.3 Å². The topological polar surface area (TPSA) is 69.4 Å². The standard InChI is InChI=1S/C15H21N3O2S/c1-9-10(2)21-15(17-9)8-13(18-16)12-6-5-11(19-3)7-14(12)20-4/h5-7,13,18H,8,16H2,1-4H3.